The second-order valence-corrected chi connectivity index (χ2v) is 8.78. The van der Waals surface area contributed by atoms with Gasteiger partial charge in [0.05, 0.1) is 22.8 Å². The highest BCUT2D eigenvalue weighted by Crippen LogP contribution is 2.31. The van der Waals surface area contributed by atoms with Gasteiger partial charge in [-0.3, -0.25) is 14.2 Å². The van der Waals surface area contributed by atoms with Crippen molar-refractivity contribution in [2.24, 2.45) is 0 Å². The summed E-state index contributed by atoms with van der Waals surface area (Å²) in [5.74, 6) is 0.748. The van der Waals surface area contributed by atoms with Gasteiger partial charge in [0.15, 0.2) is 0 Å². The summed E-state index contributed by atoms with van der Waals surface area (Å²) in [4.78, 5) is 34.5. The molecule has 0 atom stereocenters. The molecule has 154 valence electrons. The molecular formula is C21H26N4O3S. The van der Waals surface area contributed by atoms with Crippen molar-refractivity contribution in [2.45, 2.75) is 64.5 Å². The van der Waals surface area contributed by atoms with E-state index in [-0.39, 0.29) is 17.5 Å². The average Bonchev–Trinajstić information content (AvgIpc) is 2.90. The van der Waals surface area contributed by atoms with Crippen molar-refractivity contribution in [3.05, 3.63) is 26.6 Å². The van der Waals surface area contributed by atoms with Gasteiger partial charge in [-0.1, -0.05) is 6.42 Å². The maximum absolute atomic E-state index is 13.5. The SMILES string of the molecule is Cc1c(C(=O)N(CCC#N)C2CCOCC2)sc2nc3n(c(=O)c12)CCCCC3. The third-order valence-electron chi connectivity index (χ3n) is 5.96. The van der Waals surface area contributed by atoms with Crippen LogP contribution in [0.25, 0.3) is 10.2 Å². The van der Waals surface area contributed by atoms with Gasteiger partial charge in [-0.15, -0.1) is 11.3 Å². The highest BCUT2D eigenvalue weighted by atomic mass is 32.1. The third kappa shape index (κ3) is 3.81. The fraction of sp³-hybridized carbons (Fsp3) is 0.619. The number of rotatable bonds is 4. The zero-order valence-electron chi connectivity index (χ0n) is 16.8. The first-order valence-electron chi connectivity index (χ1n) is 10.4. The van der Waals surface area contributed by atoms with E-state index in [2.05, 4.69) is 6.07 Å². The number of aromatic nitrogens is 2. The fourth-order valence-corrected chi connectivity index (χ4v) is 5.51. The van der Waals surface area contributed by atoms with Gasteiger partial charge in [-0.25, -0.2) is 4.98 Å². The van der Waals surface area contributed by atoms with Gasteiger partial charge in [0.2, 0.25) is 0 Å². The Labute approximate surface area is 173 Å². The zero-order valence-corrected chi connectivity index (χ0v) is 17.6. The molecule has 0 saturated carbocycles. The van der Waals surface area contributed by atoms with Crippen LogP contribution in [0.15, 0.2) is 4.79 Å². The molecule has 0 N–H and O–H groups in total. The Morgan fingerprint density at radius 3 is 2.90 bits per heavy atom. The highest BCUT2D eigenvalue weighted by molar-refractivity contribution is 7.20. The quantitative estimate of drug-likeness (QED) is 0.767. The molecule has 2 aliphatic heterocycles. The van der Waals surface area contributed by atoms with E-state index in [0.717, 1.165) is 49.9 Å². The number of thiophene rings is 1. The first kappa shape index (κ1) is 20.0. The Hall–Kier alpha value is -2.24. The van der Waals surface area contributed by atoms with Gasteiger partial charge in [-0.05, 0) is 38.2 Å². The minimum atomic E-state index is -0.0905. The Morgan fingerprint density at radius 1 is 1.34 bits per heavy atom. The van der Waals surface area contributed by atoms with E-state index in [1.165, 1.54) is 11.3 Å². The predicted octanol–water partition coefficient (Wildman–Crippen LogP) is 3.03. The van der Waals surface area contributed by atoms with Crippen LogP contribution in [0, 0.1) is 18.3 Å². The number of nitriles is 1. The van der Waals surface area contributed by atoms with Crippen molar-refractivity contribution < 1.29 is 9.53 Å². The standard InChI is InChI=1S/C21H26N4O3S/c1-14-17-19(23-16-6-3-2-4-10-25(16)20(17)26)29-18(14)21(27)24(11-5-9-22)15-7-12-28-13-8-15/h15H,2-8,10-13H2,1H3. The lowest BCUT2D eigenvalue weighted by atomic mass is 10.1. The lowest BCUT2D eigenvalue weighted by molar-refractivity contribution is 0.0299. The lowest BCUT2D eigenvalue weighted by Crippen LogP contribution is -2.43. The van der Waals surface area contributed by atoms with Crippen molar-refractivity contribution in [1.29, 1.82) is 5.26 Å². The molecule has 2 aromatic rings. The fourth-order valence-electron chi connectivity index (χ4n) is 4.36. The molecule has 0 unspecified atom stereocenters. The van der Waals surface area contributed by atoms with Crippen molar-refractivity contribution in [1.82, 2.24) is 14.5 Å². The molecule has 4 rings (SSSR count). The van der Waals surface area contributed by atoms with E-state index in [1.54, 1.807) is 4.57 Å². The number of fused-ring (bicyclic) bond motifs is 2. The summed E-state index contributed by atoms with van der Waals surface area (Å²) in [6.45, 7) is 4.21. The molecule has 7 nitrogen and oxygen atoms in total. The number of nitrogens with zero attached hydrogens (tertiary/aromatic N) is 4. The van der Waals surface area contributed by atoms with Crippen molar-refractivity contribution in [2.75, 3.05) is 19.8 Å². The van der Waals surface area contributed by atoms with Gasteiger partial charge in [0.1, 0.15) is 10.7 Å². The third-order valence-corrected chi connectivity index (χ3v) is 7.14. The molecule has 0 aliphatic carbocycles. The molecule has 4 heterocycles. The van der Waals surface area contributed by atoms with Crippen molar-refractivity contribution >= 4 is 27.5 Å². The van der Waals surface area contributed by atoms with E-state index < -0.39 is 0 Å². The second-order valence-electron chi connectivity index (χ2n) is 7.78. The predicted molar refractivity (Wildman–Crippen MR) is 111 cm³/mol. The largest absolute Gasteiger partial charge is 0.381 e. The first-order valence-corrected chi connectivity index (χ1v) is 11.2. The zero-order chi connectivity index (χ0) is 20.4. The summed E-state index contributed by atoms with van der Waals surface area (Å²) in [6.07, 6.45) is 5.79. The van der Waals surface area contributed by atoms with Crippen LogP contribution in [0.5, 0.6) is 0 Å². The van der Waals surface area contributed by atoms with Gasteiger partial charge in [-0.2, -0.15) is 5.26 Å². The normalized spacial score (nSPS) is 17.5. The topological polar surface area (TPSA) is 88.2 Å². The molecule has 0 bridgehead atoms. The van der Waals surface area contributed by atoms with Gasteiger partial charge in [0.25, 0.3) is 11.5 Å². The van der Waals surface area contributed by atoms with Crippen LogP contribution in [0.2, 0.25) is 0 Å². The van der Waals surface area contributed by atoms with Crippen molar-refractivity contribution in [3.63, 3.8) is 0 Å². The van der Waals surface area contributed by atoms with E-state index in [4.69, 9.17) is 15.0 Å². The van der Waals surface area contributed by atoms with Gasteiger partial charge in [0, 0.05) is 38.8 Å². The average molecular weight is 415 g/mol. The molecule has 1 fully saturated rings. The molecule has 1 saturated heterocycles. The van der Waals surface area contributed by atoms with E-state index in [9.17, 15) is 9.59 Å². The number of amides is 1. The summed E-state index contributed by atoms with van der Waals surface area (Å²) in [7, 11) is 0. The van der Waals surface area contributed by atoms with Crippen LogP contribution in [-0.4, -0.2) is 46.2 Å². The highest BCUT2D eigenvalue weighted by Gasteiger charge is 2.30. The number of carbonyl (C=O) groups is 1. The first-order chi connectivity index (χ1) is 14.1. The summed E-state index contributed by atoms with van der Waals surface area (Å²) in [5.41, 5.74) is 0.704. The molecule has 0 radical (unpaired) electrons. The summed E-state index contributed by atoms with van der Waals surface area (Å²) in [6, 6.07) is 2.22. The van der Waals surface area contributed by atoms with Crippen LogP contribution >= 0.6 is 11.3 Å². The van der Waals surface area contributed by atoms with Crippen LogP contribution in [-0.2, 0) is 17.7 Å². The maximum Gasteiger partial charge on any atom is 0.264 e. The van der Waals surface area contributed by atoms with E-state index >= 15 is 0 Å². The number of aryl methyl sites for hydroxylation is 2. The number of ether oxygens (including phenoxy) is 1. The Kier molecular flexibility index (Phi) is 5.97. The molecule has 2 aliphatic rings. The summed E-state index contributed by atoms with van der Waals surface area (Å²) in [5, 5.41) is 9.63. The Morgan fingerprint density at radius 2 is 2.14 bits per heavy atom. The number of hydrogen-bond donors (Lipinski definition) is 0. The van der Waals surface area contributed by atoms with E-state index in [1.807, 2.05) is 11.8 Å². The molecule has 0 aromatic carbocycles. The second kappa shape index (κ2) is 8.64. The minimum absolute atomic E-state index is 0.0191. The Bertz CT molecular complexity index is 1010. The Balaban J connectivity index is 1.75. The maximum atomic E-state index is 13.5. The van der Waals surface area contributed by atoms with Crippen LogP contribution in [0.3, 0.4) is 0 Å². The van der Waals surface area contributed by atoms with Crippen LogP contribution < -0.4 is 5.56 Å². The lowest BCUT2D eigenvalue weighted by Gasteiger charge is -2.33. The molecule has 29 heavy (non-hydrogen) atoms. The number of carbonyl (C=O) groups excluding carboxylic acids is 1. The monoisotopic (exact) mass is 414 g/mol. The molecule has 1 amide bonds. The van der Waals surface area contributed by atoms with Crippen molar-refractivity contribution in [3.8, 4) is 6.07 Å². The minimum Gasteiger partial charge on any atom is -0.381 e. The number of hydrogen-bond acceptors (Lipinski definition) is 6. The van der Waals surface area contributed by atoms with Crippen LogP contribution in [0.1, 0.15) is 59.6 Å². The smallest absolute Gasteiger partial charge is 0.264 e. The summed E-state index contributed by atoms with van der Waals surface area (Å²) < 4.78 is 7.24. The van der Waals surface area contributed by atoms with Gasteiger partial charge < -0.3 is 9.64 Å². The van der Waals surface area contributed by atoms with Gasteiger partial charge >= 0.3 is 0 Å². The molecule has 8 heteroatoms. The summed E-state index contributed by atoms with van der Waals surface area (Å²) >= 11 is 1.32. The van der Waals surface area contributed by atoms with E-state index in [0.29, 0.717) is 47.8 Å². The molecule has 0 spiro atoms. The van der Waals surface area contributed by atoms with Crippen LogP contribution in [0.4, 0.5) is 0 Å². The molecular weight excluding hydrogens is 388 g/mol. The molecule has 2 aromatic heterocycles.